The van der Waals surface area contributed by atoms with E-state index >= 15 is 0 Å². The van der Waals surface area contributed by atoms with Crippen molar-refractivity contribution in [3.8, 4) is 0 Å². The Morgan fingerprint density at radius 2 is 2.14 bits per heavy atom. The van der Waals surface area contributed by atoms with Crippen molar-refractivity contribution in [3.05, 3.63) is 12.4 Å². The molecule has 1 aliphatic rings. The summed E-state index contributed by atoms with van der Waals surface area (Å²) in [6, 6.07) is 0.410. The van der Waals surface area contributed by atoms with E-state index < -0.39 is 10.0 Å². The zero-order chi connectivity index (χ0) is 15.7. The quantitative estimate of drug-likeness (QED) is 0.756. The number of hydrogen-bond acceptors (Lipinski definition) is 4. The van der Waals surface area contributed by atoms with Crippen LogP contribution in [0.2, 0.25) is 0 Å². The summed E-state index contributed by atoms with van der Waals surface area (Å²) in [4.78, 5) is 0.241. The van der Waals surface area contributed by atoms with Crippen molar-refractivity contribution in [2.45, 2.75) is 51.6 Å². The summed E-state index contributed by atoms with van der Waals surface area (Å²) in [5.41, 5.74) is 0.273. The molecule has 1 saturated carbocycles. The molecule has 2 rings (SSSR count). The average Bonchev–Trinajstić information content (AvgIpc) is 2.77. The molecule has 21 heavy (non-hydrogen) atoms. The Hall–Kier alpha value is -0.920. The van der Waals surface area contributed by atoms with E-state index in [2.05, 4.69) is 42.8 Å². The molecule has 7 heteroatoms. The normalized spacial score (nSPS) is 20.9. The molecule has 1 unspecified atom stereocenters. The van der Waals surface area contributed by atoms with Crippen LogP contribution in [0.3, 0.4) is 0 Å². The van der Waals surface area contributed by atoms with Crippen molar-refractivity contribution >= 4 is 10.0 Å². The summed E-state index contributed by atoms with van der Waals surface area (Å²) in [6.07, 6.45) is 4.08. The highest BCUT2D eigenvalue weighted by molar-refractivity contribution is 7.89. The maximum absolute atomic E-state index is 12.2. The number of nitrogens with one attached hydrogen (secondary N) is 2. The molecular formula is C14H26N4O2S. The summed E-state index contributed by atoms with van der Waals surface area (Å²) < 4.78 is 28.7. The average molecular weight is 314 g/mol. The van der Waals surface area contributed by atoms with Crippen molar-refractivity contribution in [1.29, 1.82) is 0 Å². The topological polar surface area (TPSA) is 76.0 Å². The second-order valence-electron chi connectivity index (χ2n) is 6.79. The van der Waals surface area contributed by atoms with Crippen molar-refractivity contribution in [1.82, 2.24) is 19.8 Å². The third-order valence-electron chi connectivity index (χ3n) is 4.05. The lowest BCUT2D eigenvalue weighted by molar-refractivity contribution is 0.514. The first-order valence-corrected chi connectivity index (χ1v) is 8.94. The first-order valence-electron chi connectivity index (χ1n) is 7.46. The molecular weight excluding hydrogens is 288 g/mol. The van der Waals surface area contributed by atoms with E-state index in [1.165, 1.54) is 6.20 Å². The van der Waals surface area contributed by atoms with E-state index in [4.69, 9.17) is 0 Å². The molecule has 0 radical (unpaired) electrons. The van der Waals surface area contributed by atoms with Gasteiger partial charge in [-0.25, -0.2) is 13.1 Å². The molecule has 6 nitrogen and oxygen atoms in total. The van der Waals surface area contributed by atoms with Crippen molar-refractivity contribution < 1.29 is 8.42 Å². The summed E-state index contributed by atoms with van der Waals surface area (Å²) in [5.74, 6) is 0.442. The molecule has 2 N–H and O–H groups in total. The van der Waals surface area contributed by atoms with Gasteiger partial charge in [0.15, 0.2) is 0 Å². The van der Waals surface area contributed by atoms with E-state index in [0.29, 0.717) is 25.0 Å². The van der Waals surface area contributed by atoms with E-state index in [1.54, 1.807) is 10.9 Å². The molecule has 0 saturated heterocycles. The maximum atomic E-state index is 12.2. The predicted octanol–water partition coefficient (Wildman–Crippen LogP) is 1.21. The standard InChI is InChI=1S/C14H26N4O2S/c1-11(2)15-5-6-18-10-13(9-16-18)21(19,20)17-8-12-7-14(12,3)4/h9-12,15,17H,5-8H2,1-4H3. The molecule has 0 spiro atoms. The van der Waals surface area contributed by atoms with Gasteiger partial charge >= 0.3 is 0 Å². The van der Waals surface area contributed by atoms with Crippen LogP contribution in [-0.2, 0) is 16.6 Å². The molecule has 1 fully saturated rings. The Bertz CT molecular complexity index is 578. The largest absolute Gasteiger partial charge is 0.313 e. The van der Waals surface area contributed by atoms with Crippen LogP contribution in [0.25, 0.3) is 0 Å². The van der Waals surface area contributed by atoms with Crippen LogP contribution < -0.4 is 10.0 Å². The van der Waals surface area contributed by atoms with Crippen molar-refractivity contribution in [2.75, 3.05) is 13.1 Å². The van der Waals surface area contributed by atoms with E-state index in [-0.39, 0.29) is 10.3 Å². The van der Waals surface area contributed by atoms with Gasteiger partial charge in [0.2, 0.25) is 10.0 Å². The highest BCUT2D eigenvalue weighted by atomic mass is 32.2. The lowest BCUT2D eigenvalue weighted by Gasteiger charge is -2.07. The second-order valence-corrected chi connectivity index (χ2v) is 8.56. The minimum atomic E-state index is -3.44. The zero-order valence-electron chi connectivity index (χ0n) is 13.3. The summed E-state index contributed by atoms with van der Waals surface area (Å²) in [5, 5.41) is 7.38. The van der Waals surface area contributed by atoms with Crippen LogP contribution in [0, 0.1) is 11.3 Å². The molecule has 1 aromatic rings. The Morgan fingerprint density at radius 1 is 1.48 bits per heavy atom. The van der Waals surface area contributed by atoms with E-state index in [9.17, 15) is 8.42 Å². The molecule has 0 amide bonds. The molecule has 0 aliphatic heterocycles. The van der Waals surface area contributed by atoms with E-state index in [1.807, 2.05) is 0 Å². The Kier molecular flexibility index (Phi) is 4.75. The molecule has 0 bridgehead atoms. The first-order chi connectivity index (χ1) is 9.71. The van der Waals surface area contributed by atoms with Crippen LogP contribution in [0.1, 0.15) is 34.1 Å². The Balaban J connectivity index is 1.87. The van der Waals surface area contributed by atoms with Crippen molar-refractivity contribution in [3.63, 3.8) is 0 Å². The van der Waals surface area contributed by atoms with Gasteiger partial charge in [0, 0.05) is 25.3 Å². The minimum absolute atomic E-state index is 0.241. The van der Waals surface area contributed by atoms with E-state index in [0.717, 1.165) is 13.0 Å². The lowest BCUT2D eigenvalue weighted by atomic mass is 10.1. The van der Waals surface area contributed by atoms with Gasteiger partial charge in [0.25, 0.3) is 0 Å². The monoisotopic (exact) mass is 314 g/mol. The van der Waals surface area contributed by atoms with Crippen LogP contribution in [0.5, 0.6) is 0 Å². The van der Waals surface area contributed by atoms with Gasteiger partial charge in [-0.15, -0.1) is 0 Å². The lowest BCUT2D eigenvalue weighted by Crippen LogP contribution is -2.27. The van der Waals surface area contributed by atoms with Crippen LogP contribution in [0.4, 0.5) is 0 Å². The minimum Gasteiger partial charge on any atom is -0.313 e. The fourth-order valence-electron chi connectivity index (χ4n) is 2.29. The van der Waals surface area contributed by atoms with Gasteiger partial charge in [-0.05, 0) is 17.8 Å². The Labute approximate surface area is 127 Å². The zero-order valence-corrected chi connectivity index (χ0v) is 14.1. The third kappa shape index (κ3) is 4.52. The molecule has 1 aliphatic carbocycles. The van der Waals surface area contributed by atoms with Gasteiger partial charge in [-0.3, -0.25) is 4.68 Å². The van der Waals surface area contributed by atoms with Crippen molar-refractivity contribution in [2.24, 2.45) is 11.3 Å². The van der Waals surface area contributed by atoms with Crippen LogP contribution >= 0.6 is 0 Å². The highest BCUT2D eigenvalue weighted by Gasteiger charge is 2.45. The second kappa shape index (κ2) is 6.06. The molecule has 1 heterocycles. The van der Waals surface area contributed by atoms with Crippen LogP contribution in [0.15, 0.2) is 17.3 Å². The van der Waals surface area contributed by atoms with Gasteiger partial charge in [-0.2, -0.15) is 5.10 Å². The Morgan fingerprint density at radius 3 is 2.71 bits per heavy atom. The van der Waals surface area contributed by atoms with Gasteiger partial charge in [-0.1, -0.05) is 27.7 Å². The summed E-state index contributed by atoms with van der Waals surface area (Å²) in [6.45, 7) is 10.4. The van der Waals surface area contributed by atoms with Gasteiger partial charge < -0.3 is 5.32 Å². The molecule has 1 atom stereocenters. The van der Waals surface area contributed by atoms with Gasteiger partial charge in [0.05, 0.1) is 12.7 Å². The number of rotatable bonds is 8. The fourth-order valence-corrected chi connectivity index (χ4v) is 3.33. The number of hydrogen-bond donors (Lipinski definition) is 2. The maximum Gasteiger partial charge on any atom is 0.243 e. The third-order valence-corrected chi connectivity index (χ3v) is 5.43. The number of sulfonamides is 1. The summed E-state index contributed by atoms with van der Waals surface area (Å²) >= 11 is 0. The SMILES string of the molecule is CC(C)NCCn1cc(S(=O)(=O)NCC2CC2(C)C)cn1. The highest BCUT2D eigenvalue weighted by Crippen LogP contribution is 2.51. The predicted molar refractivity (Wildman–Crippen MR) is 82.4 cm³/mol. The molecule has 120 valence electrons. The number of aromatic nitrogens is 2. The molecule has 0 aromatic carbocycles. The first kappa shape index (κ1) is 16.5. The van der Waals surface area contributed by atoms with Crippen LogP contribution in [-0.4, -0.2) is 37.3 Å². The molecule has 1 aromatic heterocycles. The fraction of sp³-hybridized carbons (Fsp3) is 0.786. The smallest absolute Gasteiger partial charge is 0.243 e. The summed E-state index contributed by atoms with van der Waals surface area (Å²) in [7, 11) is -3.44. The number of nitrogens with zero attached hydrogens (tertiary/aromatic N) is 2. The van der Waals surface area contributed by atoms with Gasteiger partial charge in [0.1, 0.15) is 4.90 Å².